The van der Waals surface area contributed by atoms with Crippen LogP contribution in [-0.4, -0.2) is 32.9 Å². The third-order valence-corrected chi connectivity index (χ3v) is 4.66. The number of carbonyl (C=O) groups is 1. The zero-order valence-electron chi connectivity index (χ0n) is 13.9. The molecule has 1 aromatic heterocycles. The largest absolute Gasteiger partial charge is 0.388 e. The average Bonchev–Trinajstić information content (AvgIpc) is 3.01. The summed E-state index contributed by atoms with van der Waals surface area (Å²) < 4.78 is 1.45. The highest BCUT2D eigenvalue weighted by Crippen LogP contribution is 2.27. The fourth-order valence-electron chi connectivity index (χ4n) is 3.14. The summed E-state index contributed by atoms with van der Waals surface area (Å²) in [5.41, 5.74) is 6.54. The number of hydrogen-bond donors (Lipinski definition) is 3. The lowest BCUT2D eigenvalue weighted by Crippen LogP contribution is -2.44. The van der Waals surface area contributed by atoms with Gasteiger partial charge in [0.05, 0.1) is 17.5 Å². The summed E-state index contributed by atoms with van der Waals surface area (Å²) in [6.07, 6.45) is 5.99. The number of nitrogens with zero attached hydrogens (tertiary/aromatic N) is 3. The molecule has 3 rings (SSSR count). The first-order chi connectivity index (χ1) is 12.0. The van der Waals surface area contributed by atoms with Crippen LogP contribution in [0, 0.1) is 11.3 Å². The Morgan fingerprint density at radius 2 is 2.00 bits per heavy atom. The van der Waals surface area contributed by atoms with Crippen LogP contribution in [0.1, 0.15) is 48.0 Å². The molecule has 1 saturated carbocycles. The van der Waals surface area contributed by atoms with Gasteiger partial charge < -0.3 is 16.2 Å². The van der Waals surface area contributed by atoms with E-state index in [4.69, 9.17) is 11.0 Å². The molecule has 7 nitrogen and oxygen atoms in total. The topological polar surface area (TPSA) is 117 Å². The number of anilines is 1. The molecule has 0 radical (unpaired) electrons. The molecule has 25 heavy (non-hydrogen) atoms. The normalized spacial score (nSPS) is 16.2. The van der Waals surface area contributed by atoms with Crippen molar-refractivity contribution in [3.05, 3.63) is 41.6 Å². The Balaban J connectivity index is 1.66. The lowest BCUT2D eigenvalue weighted by molar-refractivity contribution is 0.00526. The standard InChI is InChI=1S/C18H21N5O2/c19-10-14-11-22-23(16(14)20)15-6-4-13(5-7-15)17(24)21-12-18(25)8-2-1-3-9-18/h4-7,11,25H,1-3,8-9,12,20H2,(H,21,24). The number of nitrogens with one attached hydrogen (secondary N) is 1. The molecule has 0 atom stereocenters. The maximum absolute atomic E-state index is 12.3. The quantitative estimate of drug-likeness (QED) is 0.784. The molecule has 7 heteroatoms. The number of nitrogens with two attached hydrogens (primary N) is 1. The smallest absolute Gasteiger partial charge is 0.251 e. The highest BCUT2D eigenvalue weighted by molar-refractivity contribution is 5.94. The molecule has 1 aliphatic carbocycles. The minimum absolute atomic E-state index is 0.225. The number of aromatic nitrogens is 2. The summed E-state index contributed by atoms with van der Waals surface area (Å²) in [6, 6.07) is 8.74. The van der Waals surface area contributed by atoms with Crippen molar-refractivity contribution in [1.82, 2.24) is 15.1 Å². The van der Waals surface area contributed by atoms with Crippen molar-refractivity contribution in [2.75, 3.05) is 12.3 Å². The Morgan fingerprint density at radius 3 is 2.60 bits per heavy atom. The number of amides is 1. The predicted octanol–water partition coefficient (Wildman–Crippen LogP) is 1.75. The van der Waals surface area contributed by atoms with E-state index in [1.165, 1.54) is 10.9 Å². The molecular weight excluding hydrogens is 318 g/mol. The van der Waals surface area contributed by atoms with Crippen LogP contribution in [0.5, 0.6) is 0 Å². The molecule has 0 aliphatic heterocycles. The van der Waals surface area contributed by atoms with Crippen LogP contribution >= 0.6 is 0 Å². The van der Waals surface area contributed by atoms with Gasteiger partial charge in [0, 0.05) is 12.1 Å². The van der Waals surface area contributed by atoms with Crippen molar-refractivity contribution in [3.63, 3.8) is 0 Å². The predicted molar refractivity (Wildman–Crippen MR) is 93.1 cm³/mol. The van der Waals surface area contributed by atoms with Crippen LogP contribution in [-0.2, 0) is 0 Å². The number of rotatable bonds is 4. The molecule has 1 amide bonds. The molecule has 1 aromatic carbocycles. The highest BCUT2D eigenvalue weighted by Gasteiger charge is 2.29. The maximum Gasteiger partial charge on any atom is 0.251 e. The Labute approximate surface area is 146 Å². The first-order valence-corrected chi connectivity index (χ1v) is 8.37. The minimum atomic E-state index is -0.787. The minimum Gasteiger partial charge on any atom is -0.388 e. The summed E-state index contributed by atoms with van der Waals surface area (Å²) in [4.78, 5) is 12.3. The van der Waals surface area contributed by atoms with Gasteiger partial charge in [-0.05, 0) is 37.1 Å². The number of aliphatic hydroxyl groups is 1. The molecule has 0 spiro atoms. The zero-order chi connectivity index (χ0) is 17.9. The Hall–Kier alpha value is -2.85. The summed E-state index contributed by atoms with van der Waals surface area (Å²) in [6.45, 7) is 0.269. The van der Waals surface area contributed by atoms with Gasteiger partial charge in [-0.15, -0.1) is 0 Å². The third kappa shape index (κ3) is 3.64. The van der Waals surface area contributed by atoms with E-state index in [1.807, 2.05) is 6.07 Å². The second kappa shape index (κ2) is 6.95. The summed E-state index contributed by atoms with van der Waals surface area (Å²) >= 11 is 0. The molecule has 0 saturated heterocycles. The van der Waals surface area contributed by atoms with Crippen molar-refractivity contribution in [2.45, 2.75) is 37.7 Å². The van der Waals surface area contributed by atoms with Gasteiger partial charge in [0.25, 0.3) is 5.91 Å². The van der Waals surface area contributed by atoms with Crippen molar-refractivity contribution in [3.8, 4) is 11.8 Å². The second-order valence-electron chi connectivity index (χ2n) is 6.48. The van der Waals surface area contributed by atoms with Gasteiger partial charge in [0.1, 0.15) is 17.5 Å². The van der Waals surface area contributed by atoms with Gasteiger partial charge in [0.15, 0.2) is 0 Å². The van der Waals surface area contributed by atoms with Crippen molar-refractivity contribution in [2.24, 2.45) is 0 Å². The molecular formula is C18H21N5O2. The lowest BCUT2D eigenvalue weighted by Gasteiger charge is -2.32. The third-order valence-electron chi connectivity index (χ3n) is 4.66. The molecule has 4 N–H and O–H groups in total. The van der Waals surface area contributed by atoms with Crippen LogP contribution in [0.25, 0.3) is 5.69 Å². The van der Waals surface area contributed by atoms with Gasteiger partial charge in [-0.3, -0.25) is 4.79 Å². The highest BCUT2D eigenvalue weighted by atomic mass is 16.3. The SMILES string of the molecule is N#Cc1cnn(-c2ccc(C(=O)NCC3(O)CCCCC3)cc2)c1N. The van der Waals surface area contributed by atoms with Gasteiger partial charge in [0.2, 0.25) is 0 Å². The number of nitrogen functional groups attached to an aromatic ring is 1. The summed E-state index contributed by atoms with van der Waals surface area (Å²) in [7, 11) is 0. The zero-order valence-corrected chi connectivity index (χ0v) is 13.9. The van der Waals surface area contributed by atoms with Crippen LogP contribution in [0.4, 0.5) is 5.82 Å². The van der Waals surface area contributed by atoms with E-state index in [0.717, 1.165) is 32.1 Å². The van der Waals surface area contributed by atoms with Crippen molar-refractivity contribution < 1.29 is 9.90 Å². The average molecular weight is 339 g/mol. The first kappa shape index (κ1) is 17.0. The monoisotopic (exact) mass is 339 g/mol. The van der Waals surface area contributed by atoms with Crippen LogP contribution in [0.3, 0.4) is 0 Å². The van der Waals surface area contributed by atoms with Crippen LogP contribution in [0.15, 0.2) is 30.5 Å². The van der Waals surface area contributed by atoms with E-state index in [-0.39, 0.29) is 18.3 Å². The molecule has 1 fully saturated rings. The van der Waals surface area contributed by atoms with E-state index in [9.17, 15) is 9.90 Å². The van der Waals surface area contributed by atoms with E-state index < -0.39 is 5.60 Å². The summed E-state index contributed by atoms with van der Waals surface area (Å²) in [5.74, 6) is 0.0379. The van der Waals surface area contributed by atoms with E-state index in [1.54, 1.807) is 24.3 Å². The lowest BCUT2D eigenvalue weighted by atomic mass is 9.85. The second-order valence-corrected chi connectivity index (χ2v) is 6.48. The van der Waals surface area contributed by atoms with Crippen molar-refractivity contribution in [1.29, 1.82) is 5.26 Å². The summed E-state index contributed by atoms with van der Waals surface area (Å²) in [5, 5.41) is 26.3. The van der Waals surface area contributed by atoms with Crippen molar-refractivity contribution >= 4 is 11.7 Å². The Morgan fingerprint density at radius 1 is 1.32 bits per heavy atom. The van der Waals surface area contributed by atoms with Gasteiger partial charge >= 0.3 is 0 Å². The van der Waals surface area contributed by atoms with E-state index in [2.05, 4.69) is 10.4 Å². The fraction of sp³-hybridized carbons (Fsp3) is 0.389. The molecule has 0 unspecified atom stereocenters. The molecule has 2 aromatic rings. The molecule has 0 bridgehead atoms. The van der Waals surface area contributed by atoms with Gasteiger partial charge in [-0.1, -0.05) is 19.3 Å². The van der Waals surface area contributed by atoms with Gasteiger partial charge in [-0.2, -0.15) is 10.4 Å². The number of hydrogen-bond acceptors (Lipinski definition) is 5. The Bertz CT molecular complexity index is 798. The van der Waals surface area contributed by atoms with Gasteiger partial charge in [-0.25, -0.2) is 4.68 Å². The van der Waals surface area contributed by atoms with E-state index in [0.29, 0.717) is 16.8 Å². The molecule has 1 heterocycles. The number of nitriles is 1. The van der Waals surface area contributed by atoms with Crippen LogP contribution in [0.2, 0.25) is 0 Å². The fourth-order valence-corrected chi connectivity index (χ4v) is 3.14. The Kier molecular flexibility index (Phi) is 4.72. The number of benzene rings is 1. The van der Waals surface area contributed by atoms with Crippen LogP contribution < -0.4 is 11.1 Å². The number of carbonyl (C=O) groups excluding carboxylic acids is 1. The van der Waals surface area contributed by atoms with E-state index >= 15 is 0 Å². The maximum atomic E-state index is 12.3. The molecule has 1 aliphatic rings. The molecule has 130 valence electrons. The first-order valence-electron chi connectivity index (χ1n) is 8.37.